The molecule has 1 N–H and O–H groups in total. The highest BCUT2D eigenvalue weighted by atomic mass is 32.1. The van der Waals surface area contributed by atoms with Crippen LogP contribution >= 0.6 is 11.5 Å². The van der Waals surface area contributed by atoms with Gasteiger partial charge in [0.25, 0.3) is 0 Å². The second kappa shape index (κ2) is 7.22. The molecule has 0 spiro atoms. The molecule has 0 saturated carbocycles. The lowest BCUT2D eigenvalue weighted by molar-refractivity contribution is 0.166. The minimum absolute atomic E-state index is 0.449. The quantitative estimate of drug-likeness (QED) is 0.752. The van der Waals surface area contributed by atoms with Gasteiger partial charge in [-0.2, -0.15) is 0 Å². The molecule has 4 rings (SSSR count). The van der Waals surface area contributed by atoms with Crippen molar-refractivity contribution in [1.29, 1.82) is 0 Å². The number of H-pyrrole nitrogens is 1. The van der Waals surface area contributed by atoms with Gasteiger partial charge in [0, 0.05) is 19.5 Å². The number of fused-ring (bicyclic) bond motifs is 1. The van der Waals surface area contributed by atoms with Crippen molar-refractivity contribution < 1.29 is 0 Å². The summed E-state index contributed by atoms with van der Waals surface area (Å²) in [7, 11) is 0. The predicted molar refractivity (Wildman–Crippen MR) is 102 cm³/mol. The molecule has 1 saturated heterocycles. The number of benzene rings is 1. The summed E-state index contributed by atoms with van der Waals surface area (Å²) in [6, 6.07) is 8.28. The molecule has 6 heteroatoms. The number of likely N-dealkylation sites (tertiary alicyclic amines) is 1. The second-order valence-electron chi connectivity index (χ2n) is 7.38. The Kier molecular flexibility index (Phi) is 4.81. The van der Waals surface area contributed by atoms with Crippen LogP contribution in [0.15, 0.2) is 24.3 Å². The summed E-state index contributed by atoms with van der Waals surface area (Å²) in [4.78, 5) is 12.1. The Morgan fingerprint density at radius 2 is 2.20 bits per heavy atom. The third-order valence-electron chi connectivity index (χ3n) is 5.02. The van der Waals surface area contributed by atoms with E-state index in [4.69, 9.17) is 4.98 Å². The highest BCUT2D eigenvalue weighted by Gasteiger charge is 2.23. The minimum atomic E-state index is 0.449. The van der Waals surface area contributed by atoms with E-state index < -0.39 is 0 Å². The molecule has 3 heterocycles. The molecule has 1 atom stereocenters. The van der Waals surface area contributed by atoms with Crippen LogP contribution in [0.2, 0.25) is 0 Å². The molecule has 2 aromatic heterocycles. The van der Waals surface area contributed by atoms with E-state index in [-0.39, 0.29) is 0 Å². The van der Waals surface area contributed by atoms with Gasteiger partial charge in [-0.05, 0) is 54.9 Å². The van der Waals surface area contributed by atoms with Crippen LogP contribution in [-0.4, -0.2) is 37.5 Å². The first-order valence-corrected chi connectivity index (χ1v) is 9.93. The fourth-order valence-corrected chi connectivity index (χ4v) is 4.64. The molecule has 5 nitrogen and oxygen atoms in total. The van der Waals surface area contributed by atoms with Crippen molar-refractivity contribution in [3.63, 3.8) is 0 Å². The zero-order chi connectivity index (χ0) is 17.2. The maximum absolute atomic E-state index is 4.75. The van der Waals surface area contributed by atoms with Crippen LogP contribution < -0.4 is 0 Å². The Morgan fingerprint density at radius 3 is 3.04 bits per heavy atom. The Labute approximate surface area is 152 Å². The molecule has 1 aliphatic heterocycles. The second-order valence-corrected chi connectivity index (χ2v) is 8.22. The highest BCUT2D eigenvalue weighted by molar-refractivity contribution is 7.05. The Morgan fingerprint density at radius 1 is 1.32 bits per heavy atom. The molecule has 0 bridgehead atoms. The van der Waals surface area contributed by atoms with Crippen LogP contribution in [0.3, 0.4) is 0 Å². The lowest BCUT2D eigenvalue weighted by Crippen LogP contribution is -2.35. The van der Waals surface area contributed by atoms with Gasteiger partial charge in [-0.15, -0.1) is 5.10 Å². The number of hydrogen-bond acceptors (Lipinski definition) is 5. The van der Waals surface area contributed by atoms with E-state index in [2.05, 4.69) is 51.5 Å². The van der Waals surface area contributed by atoms with Crippen molar-refractivity contribution in [2.24, 2.45) is 5.92 Å². The highest BCUT2D eigenvalue weighted by Crippen LogP contribution is 2.26. The fraction of sp³-hybridized carbons (Fsp3) is 0.526. The van der Waals surface area contributed by atoms with Gasteiger partial charge >= 0.3 is 0 Å². The van der Waals surface area contributed by atoms with Gasteiger partial charge in [-0.3, -0.25) is 4.90 Å². The van der Waals surface area contributed by atoms with Crippen LogP contribution in [0, 0.1) is 5.92 Å². The summed E-state index contributed by atoms with van der Waals surface area (Å²) in [5, 5.41) is 4.32. The van der Waals surface area contributed by atoms with Gasteiger partial charge < -0.3 is 4.98 Å². The monoisotopic (exact) mass is 355 g/mol. The SMILES string of the molecule is CC(C)c1nnsc1CN1CCCC(Cc2nc3ccccc3[nH]2)C1. The molecule has 0 aliphatic carbocycles. The van der Waals surface area contributed by atoms with Crippen molar-refractivity contribution in [3.8, 4) is 0 Å². The Bertz CT molecular complexity index is 804. The van der Waals surface area contributed by atoms with Crippen molar-refractivity contribution in [3.05, 3.63) is 40.7 Å². The van der Waals surface area contributed by atoms with Crippen LogP contribution in [0.4, 0.5) is 0 Å². The van der Waals surface area contributed by atoms with Crippen LogP contribution in [0.1, 0.15) is 49.0 Å². The smallest absolute Gasteiger partial charge is 0.107 e. The van der Waals surface area contributed by atoms with Gasteiger partial charge in [0.15, 0.2) is 0 Å². The van der Waals surface area contributed by atoms with E-state index in [1.54, 1.807) is 11.5 Å². The van der Waals surface area contributed by atoms with Crippen molar-refractivity contribution in [1.82, 2.24) is 24.5 Å². The molecule has 25 heavy (non-hydrogen) atoms. The minimum Gasteiger partial charge on any atom is -0.342 e. The first-order chi connectivity index (χ1) is 12.2. The van der Waals surface area contributed by atoms with Gasteiger partial charge in [-0.1, -0.05) is 30.5 Å². The zero-order valence-corrected chi connectivity index (χ0v) is 15.7. The summed E-state index contributed by atoms with van der Waals surface area (Å²) in [6.45, 7) is 7.68. The standard InChI is InChI=1S/C19H25N5S/c1-13(2)19-17(25-23-22-19)12-24-9-5-6-14(11-24)10-18-20-15-7-3-4-8-16(15)21-18/h3-4,7-8,13-14H,5-6,9-12H2,1-2H3,(H,20,21). The molecule has 1 fully saturated rings. The number of aromatic nitrogens is 4. The topological polar surface area (TPSA) is 57.7 Å². The number of rotatable bonds is 5. The largest absolute Gasteiger partial charge is 0.342 e. The number of para-hydroxylation sites is 2. The van der Waals surface area contributed by atoms with Gasteiger partial charge in [0.2, 0.25) is 0 Å². The predicted octanol–water partition coefficient (Wildman–Crippen LogP) is 3.99. The van der Waals surface area contributed by atoms with Crippen molar-refractivity contribution in [2.45, 2.75) is 45.6 Å². The Balaban J connectivity index is 1.41. The molecule has 132 valence electrons. The van der Waals surface area contributed by atoms with E-state index in [0.717, 1.165) is 36.4 Å². The molecule has 1 aromatic carbocycles. The number of hydrogen-bond donors (Lipinski definition) is 1. The molecular formula is C19H25N5S. The third kappa shape index (κ3) is 3.75. The molecule has 1 aliphatic rings. The molecule has 3 aromatic rings. The number of imidazole rings is 1. The van der Waals surface area contributed by atoms with Crippen LogP contribution in [0.5, 0.6) is 0 Å². The van der Waals surface area contributed by atoms with E-state index in [9.17, 15) is 0 Å². The van der Waals surface area contributed by atoms with Crippen LogP contribution in [0.25, 0.3) is 11.0 Å². The number of nitrogens with one attached hydrogen (secondary N) is 1. The molecule has 1 unspecified atom stereocenters. The average Bonchev–Trinajstić information content (AvgIpc) is 3.21. The Hall–Kier alpha value is -1.79. The van der Waals surface area contributed by atoms with Gasteiger partial charge in [0.1, 0.15) is 5.82 Å². The number of piperidine rings is 1. The normalized spacial score (nSPS) is 19.1. The van der Waals surface area contributed by atoms with E-state index >= 15 is 0 Å². The van der Waals surface area contributed by atoms with E-state index in [1.165, 1.54) is 30.0 Å². The summed E-state index contributed by atoms with van der Waals surface area (Å²) in [5.41, 5.74) is 3.38. The lowest BCUT2D eigenvalue weighted by Gasteiger charge is -2.32. The first kappa shape index (κ1) is 16.7. The summed E-state index contributed by atoms with van der Waals surface area (Å²) in [6.07, 6.45) is 3.57. The maximum atomic E-state index is 4.75. The van der Waals surface area contributed by atoms with Crippen LogP contribution in [-0.2, 0) is 13.0 Å². The number of nitrogens with zero attached hydrogens (tertiary/aromatic N) is 4. The number of aromatic amines is 1. The first-order valence-electron chi connectivity index (χ1n) is 9.16. The van der Waals surface area contributed by atoms with Crippen molar-refractivity contribution >= 4 is 22.6 Å². The molecule has 0 radical (unpaired) electrons. The molecular weight excluding hydrogens is 330 g/mol. The summed E-state index contributed by atoms with van der Waals surface area (Å²) in [5.74, 6) is 2.23. The average molecular weight is 356 g/mol. The zero-order valence-electron chi connectivity index (χ0n) is 14.9. The van der Waals surface area contributed by atoms with Gasteiger partial charge in [0.05, 0.1) is 21.6 Å². The third-order valence-corrected chi connectivity index (χ3v) is 5.74. The molecule has 0 amide bonds. The van der Waals surface area contributed by atoms with E-state index in [1.807, 2.05) is 6.07 Å². The maximum Gasteiger partial charge on any atom is 0.107 e. The van der Waals surface area contributed by atoms with Gasteiger partial charge in [-0.25, -0.2) is 4.98 Å². The van der Waals surface area contributed by atoms with E-state index in [0.29, 0.717) is 11.8 Å². The summed E-state index contributed by atoms with van der Waals surface area (Å²) >= 11 is 1.56. The lowest BCUT2D eigenvalue weighted by atomic mass is 9.94. The fourth-order valence-electron chi connectivity index (χ4n) is 3.80. The summed E-state index contributed by atoms with van der Waals surface area (Å²) < 4.78 is 4.17. The van der Waals surface area contributed by atoms with Crippen molar-refractivity contribution in [2.75, 3.05) is 13.1 Å².